The second-order valence-electron chi connectivity index (χ2n) is 8.00. The number of hydrogen-bond acceptors (Lipinski definition) is 4. The summed E-state index contributed by atoms with van der Waals surface area (Å²) in [6, 6.07) is 8.47. The van der Waals surface area contributed by atoms with Crippen LogP contribution in [0.1, 0.15) is 67.2 Å². The zero-order valence-corrected chi connectivity index (χ0v) is 18.0. The van der Waals surface area contributed by atoms with Crippen molar-refractivity contribution in [3.05, 3.63) is 52.3 Å². The number of carbonyl (C=O) groups is 1. The van der Waals surface area contributed by atoms with Crippen LogP contribution in [0.25, 0.3) is 0 Å². The van der Waals surface area contributed by atoms with Gasteiger partial charge in [0.2, 0.25) is 5.91 Å². The van der Waals surface area contributed by atoms with Crippen molar-refractivity contribution in [3.8, 4) is 0 Å². The summed E-state index contributed by atoms with van der Waals surface area (Å²) >= 11 is 0. The summed E-state index contributed by atoms with van der Waals surface area (Å²) in [5.41, 5.74) is 5.78. The first kappa shape index (κ1) is 21.5. The molecule has 6 nitrogen and oxygen atoms in total. The molecule has 1 atom stereocenters. The lowest BCUT2D eigenvalue weighted by Crippen LogP contribution is -2.27. The van der Waals surface area contributed by atoms with Gasteiger partial charge in [-0.15, -0.1) is 0 Å². The number of fused-ring (bicyclic) bond motifs is 1. The quantitative estimate of drug-likeness (QED) is 0.700. The number of ether oxygens (including phenoxy) is 2. The van der Waals surface area contributed by atoms with Gasteiger partial charge in [0.1, 0.15) is 0 Å². The van der Waals surface area contributed by atoms with Gasteiger partial charge in [-0.1, -0.05) is 38.1 Å². The third kappa shape index (κ3) is 5.46. The minimum Gasteiger partial charge on any atom is -0.383 e. The molecule has 3 rings (SSSR count). The standard InChI is InChI=1S/C23H33N3O3/c1-16(2)18-5-7-19(8-6-18)17(3)24-23(27)10-9-21-20-15-29-13-11-22(20)26(25-21)12-14-28-4/h5-8,16-17H,9-15H2,1-4H3,(H,24,27). The Bertz CT molecular complexity index is 812. The van der Waals surface area contributed by atoms with Crippen LogP contribution >= 0.6 is 0 Å². The molecule has 1 aliphatic heterocycles. The first-order valence-electron chi connectivity index (χ1n) is 10.5. The van der Waals surface area contributed by atoms with Crippen LogP contribution in [-0.4, -0.2) is 36.0 Å². The van der Waals surface area contributed by atoms with Crippen LogP contribution in [0.15, 0.2) is 24.3 Å². The number of aryl methyl sites for hydroxylation is 1. The average molecular weight is 400 g/mol. The molecule has 29 heavy (non-hydrogen) atoms. The molecular weight excluding hydrogens is 366 g/mol. The van der Waals surface area contributed by atoms with Crippen molar-refractivity contribution in [2.24, 2.45) is 0 Å². The molecule has 6 heteroatoms. The molecule has 2 aromatic rings. The fraction of sp³-hybridized carbons (Fsp3) is 0.565. The number of amides is 1. The van der Waals surface area contributed by atoms with E-state index < -0.39 is 0 Å². The molecule has 0 radical (unpaired) electrons. The lowest BCUT2D eigenvalue weighted by atomic mass is 9.99. The van der Waals surface area contributed by atoms with E-state index in [0.29, 0.717) is 32.0 Å². The van der Waals surface area contributed by atoms with Crippen molar-refractivity contribution in [2.75, 3.05) is 20.3 Å². The smallest absolute Gasteiger partial charge is 0.220 e. The van der Waals surface area contributed by atoms with Gasteiger partial charge in [0.25, 0.3) is 0 Å². The van der Waals surface area contributed by atoms with Gasteiger partial charge < -0.3 is 14.8 Å². The highest BCUT2D eigenvalue weighted by Crippen LogP contribution is 2.23. The third-order valence-corrected chi connectivity index (χ3v) is 5.56. The first-order valence-corrected chi connectivity index (χ1v) is 10.5. The Morgan fingerprint density at radius 3 is 2.66 bits per heavy atom. The third-order valence-electron chi connectivity index (χ3n) is 5.56. The van der Waals surface area contributed by atoms with E-state index in [0.717, 1.165) is 36.4 Å². The van der Waals surface area contributed by atoms with Crippen molar-refractivity contribution in [3.63, 3.8) is 0 Å². The summed E-state index contributed by atoms with van der Waals surface area (Å²) in [7, 11) is 1.70. The molecule has 0 fully saturated rings. The van der Waals surface area contributed by atoms with Crippen LogP contribution in [0.2, 0.25) is 0 Å². The maximum absolute atomic E-state index is 12.5. The van der Waals surface area contributed by atoms with E-state index in [1.807, 2.05) is 11.6 Å². The van der Waals surface area contributed by atoms with Crippen LogP contribution in [-0.2, 0) is 40.3 Å². The summed E-state index contributed by atoms with van der Waals surface area (Å²) in [4.78, 5) is 12.5. The Morgan fingerprint density at radius 2 is 1.97 bits per heavy atom. The van der Waals surface area contributed by atoms with Crippen molar-refractivity contribution < 1.29 is 14.3 Å². The fourth-order valence-electron chi connectivity index (χ4n) is 3.74. The van der Waals surface area contributed by atoms with Gasteiger partial charge in [0, 0.05) is 37.6 Å². The van der Waals surface area contributed by atoms with Crippen molar-refractivity contribution in [1.82, 2.24) is 15.1 Å². The summed E-state index contributed by atoms with van der Waals surface area (Å²) in [6.45, 7) is 9.05. The van der Waals surface area contributed by atoms with Gasteiger partial charge in [0.15, 0.2) is 0 Å². The summed E-state index contributed by atoms with van der Waals surface area (Å²) in [6.07, 6.45) is 1.90. The molecule has 158 valence electrons. The molecule has 1 aliphatic rings. The highest BCUT2D eigenvalue weighted by atomic mass is 16.5. The Morgan fingerprint density at radius 1 is 1.24 bits per heavy atom. The van der Waals surface area contributed by atoms with Gasteiger partial charge in [-0.2, -0.15) is 5.10 Å². The molecular formula is C23H33N3O3. The van der Waals surface area contributed by atoms with Crippen molar-refractivity contribution in [2.45, 2.75) is 65.1 Å². The number of rotatable bonds is 9. The van der Waals surface area contributed by atoms with Gasteiger partial charge in [-0.05, 0) is 24.0 Å². The van der Waals surface area contributed by atoms with Crippen LogP contribution < -0.4 is 5.32 Å². The number of methoxy groups -OCH3 is 1. The number of aromatic nitrogens is 2. The maximum atomic E-state index is 12.5. The first-order chi connectivity index (χ1) is 14.0. The predicted molar refractivity (Wildman–Crippen MR) is 113 cm³/mol. The van der Waals surface area contributed by atoms with E-state index in [2.05, 4.69) is 43.4 Å². The van der Waals surface area contributed by atoms with E-state index >= 15 is 0 Å². The Balaban J connectivity index is 1.58. The Hall–Kier alpha value is -2.18. The molecule has 2 heterocycles. The van der Waals surface area contributed by atoms with Crippen LogP contribution in [0.3, 0.4) is 0 Å². The van der Waals surface area contributed by atoms with Crippen LogP contribution in [0.5, 0.6) is 0 Å². The highest BCUT2D eigenvalue weighted by molar-refractivity contribution is 5.76. The van der Waals surface area contributed by atoms with E-state index in [-0.39, 0.29) is 11.9 Å². The predicted octanol–water partition coefficient (Wildman–Crippen LogP) is 3.54. The number of hydrogen-bond donors (Lipinski definition) is 1. The van der Waals surface area contributed by atoms with E-state index in [1.165, 1.54) is 11.3 Å². The minimum absolute atomic E-state index is 0.0137. The van der Waals surface area contributed by atoms with Crippen LogP contribution in [0, 0.1) is 0 Å². The molecule has 1 N–H and O–H groups in total. The van der Waals surface area contributed by atoms with Gasteiger partial charge in [-0.3, -0.25) is 9.48 Å². The zero-order valence-electron chi connectivity index (χ0n) is 18.0. The molecule has 0 bridgehead atoms. The molecule has 1 unspecified atom stereocenters. The van der Waals surface area contributed by atoms with Gasteiger partial charge in [-0.25, -0.2) is 0 Å². The second kappa shape index (κ2) is 10.0. The van der Waals surface area contributed by atoms with Gasteiger partial charge >= 0.3 is 0 Å². The topological polar surface area (TPSA) is 65.4 Å². The normalized spacial score (nSPS) is 14.7. The molecule has 0 spiro atoms. The molecule has 0 saturated heterocycles. The molecule has 0 saturated carbocycles. The lowest BCUT2D eigenvalue weighted by Gasteiger charge is -2.16. The maximum Gasteiger partial charge on any atom is 0.220 e. The molecule has 1 aromatic carbocycles. The van der Waals surface area contributed by atoms with E-state index in [4.69, 9.17) is 14.6 Å². The second-order valence-corrected chi connectivity index (χ2v) is 8.00. The van der Waals surface area contributed by atoms with E-state index in [1.54, 1.807) is 7.11 Å². The Kier molecular flexibility index (Phi) is 7.45. The van der Waals surface area contributed by atoms with Crippen LogP contribution in [0.4, 0.5) is 0 Å². The minimum atomic E-state index is -0.0137. The highest BCUT2D eigenvalue weighted by Gasteiger charge is 2.21. The average Bonchev–Trinajstić information content (AvgIpc) is 3.08. The Labute approximate surface area is 173 Å². The lowest BCUT2D eigenvalue weighted by molar-refractivity contribution is -0.121. The van der Waals surface area contributed by atoms with Crippen molar-refractivity contribution in [1.29, 1.82) is 0 Å². The van der Waals surface area contributed by atoms with Crippen molar-refractivity contribution >= 4 is 5.91 Å². The summed E-state index contributed by atoms with van der Waals surface area (Å²) < 4.78 is 12.8. The SMILES string of the molecule is COCCn1nc(CCC(=O)NC(C)c2ccc(C(C)C)cc2)c2c1CCOC2. The van der Waals surface area contributed by atoms with Gasteiger partial charge in [0.05, 0.1) is 38.1 Å². The molecule has 0 aliphatic carbocycles. The summed E-state index contributed by atoms with van der Waals surface area (Å²) in [5, 5.41) is 7.85. The van der Waals surface area contributed by atoms with E-state index in [9.17, 15) is 4.79 Å². The molecule has 1 amide bonds. The summed E-state index contributed by atoms with van der Waals surface area (Å²) in [5.74, 6) is 0.551. The number of nitrogens with zero attached hydrogens (tertiary/aromatic N) is 2. The molecule has 1 aromatic heterocycles. The monoisotopic (exact) mass is 399 g/mol. The largest absolute Gasteiger partial charge is 0.383 e. The number of benzene rings is 1. The number of nitrogens with one attached hydrogen (secondary N) is 1. The zero-order chi connectivity index (χ0) is 20.8. The fourth-order valence-corrected chi connectivity index (χ4v) is 3.74. The number of carbonyl (C=O) groups excluding carboxylic acids is 1.